The average Bonchev–Trinajstić information content (AvgIpc) is 2.95. The van der Waals surface area contributed by atoms with Crippen molar-refractivity contribution in [2.75, 3.05) is 16.4 Å². The van der Waals surface area contributed by atoms with Crippen molar-refractivity contribution in [2.45, 2.75) is 19.4 Å². The van der Waals surface area contributed by atoms with Crippen LogP contribution < -0.4 is 4.90 Å². The van der Waals surface area contributed by atoms with Gasteiger partial charge in [-0.15, -0.1) is 0 Å². The smallest absolute Gasteiger partial charge is 0.258 e. The second-order valence-corrected chi connectivity index (χ2v) is 9.01. The van der Waals surface area contributed by atoms with Gasteiger partial charge in [-0.1, -0.05) is 23.7 Å². The molecule has 0 radical (unpaired) electrons. The molecule has 1 unspecified atom stereocenters. The summed E-state index contributed by atoms with van der Waals surface area (Å²) >= 11 is 5.89. The Labute approximate surface area is 157 Å². The Bertz CT molecular complexity index is 954. The first-order valence-corrected chi connectivity index (χ1v) is 10.4. The number of halogens is 1. The van der Waals surface area contributed by atoms with Crippen LogP contribution in [0, 0.1) is 0 Å². The highest BCUT2D eigenvalue weighted by molar-refractivity contribution is 7.91. The van der Waals surface area contributed by atoms with Gasteiger partial charge in [-0.25, -0.2) is 8.42 Å². The molecule has 26 heavy (non-hydrogen) atoms. The highest BCUT2D eigenvalue weighted by atomic mass is 35.5. The van der Waals surface area contributed by atoms with Crippen LogP contribution in [0.1, 0.15) is 34.1 Å². The lowest BCUT2D eigenvalue weighted by atomic mass is 10.1. The highest BCUT2D eigenvalue weighted by Crippen LogP contribution is 2.27. The molecular formula is C19H18ClNO4S. The fraction of sp³-hybridized carbons (Fsp3) is 0.263. The molecule has 0 spiro atoms. The largest absolute Gasteiger partial charge is 0.304 e. The maximum Gasteiger partial charge on any atom is 0.258 e. The summed E-state index contributed by atoms with van der Waals surface area (Å²) in [6, 6.07) is 12.7. The molecule has 0 aromatic heterocycles. The van der Waals surface area contributed by atoms with E-state index in [2.05, 4.69) is 0 Å². The number of amides is 1. The molecule has 5 nitrogen and oxygen atoms in total. The quantitative estimate of drug-likeness (QED) is 0.749. The van der Waals surface area contributed by atoms with Crippen LogP contribution >= 0.6 is 11.6 Å². The number of rotatable bonds is 4. The zero-order valence-corrected chi connectivity index (χ0v) is 15.8. The minimum atomic E-state index is -3.18. The van der Waals surface area contributed by atoms with E-state index >= 15 is 0 Å². The van der Waals surface area contributed by atoms with Crippen molar-refractivity contribution >= 4 is 38.8 Å². The predicted molar refractivity (Wildman–Crippen MR) is 102 cm³/mol. The van der Waals surface area contributed by atoms with Gasteiger partial charge in [-0.3, -0.25) is 9.59 Å². The lowest BCUT2D eigenvalue weighted by Gasteiger charge is -2.29. The molecule has 0 aliphatic carbocycles. The number of carbonyl (C=O) groups excluding carboxylic acids is 2. The lowest BCUT2D eigenvalue weighted by Crippen LogP contribution is -2.41. The van der Waals surface area contributed by atoms with E-state index in [9.17, 15) is 18.0 Å². The Kier molecular flexibility index (Phi) is 5.16. The van der Waals surface area contributed by atoms with Gasteiger partial charge in [-0.05, 0) is 49.7 Å². The van der Waals surface area contributed by atoms with Crippen molar-refractivity contribution in [3.63, 3.8) is 0 Å². The highest BCUT2D eigenvalue weighted by Gasteiger charge is 2.36. The molecule has 136 valence electrons. The van der Waals surface area contributed by atoms with Gasteiger partial charge in [-0.2, -0.15) is 0 Å². The van der Waals surface area contributed by atoms with Gasteiger partial charge in [0.25, 0.3) is 5.91 Å². The summed E-state index contributed by atoms with van der Waals surface area (Å²) in [4.78, 5) is 26.3. The van der Waals surface area contributed by atoms with Gasteiger partial charge in [0.1, 0.15) is 0 Å². The van der Waals surface area contributed by atoms with E-state index in [0.717, 1.165) is 0 Å². The SMILES string of the molecule is CC(=O)c1cccc(N(C(=O)c2ccc(Cl)cc2)C2CCS(=O)(=O)C2)c1. The second-order valence-electron chi connectivity index (χ2n) is 6.35. The number of carbonyl (C=O) groups is 2. The summed E-state index contributed by atoms with van der Waals surface area (Å²) in [5.41, 5.74) is 1.39. The van der Waals surface area contributed by atoms with Crippen LogP contribution in [0.5, 0.6) is 0 Å². The first-order valence-electron chi connectivity index (χ1n) is 8.17. The third-order valence-corrected chi connectivity index (χ3v) is 6.42. The van der Waals surface area contributed by atoms with E-state index in [1.807, 2.05) is 0 Å². The normalized spacial score (nSPS) is 18.5. The van der Waals surface area contributed by atoms with E-state index < -0.39 is 15.9 Å². The van der Waals surface area contributed by atoms with Crippen molar-refractivity contribution in [3.8, 4) is 0 Å². The van der Waals surface area contributed by atoms with E-state index in [1.165, 1.54) is 11.8 Å². The molecule has 1 fully saturated rings. The van der Waals surface area contributed by atoms with Crippen LogP contribution in [-0.4, -0.2) is 37.7 Å². The van der Waals surface area contributed by atoms with Gasteiger partial charge in [0.05, 0.1) is 17.5 Å². The minimum Gasteiger partial charge on any atom is -0.304 e. The molecule has 1 aliphatic heterocycles. The summed E-state index contributed by atoms with van der Waals surface area (Å²) in [5, 5.41) is 0.509. The van der Waals surface area contributed by atoms with Crippen molar-refractivity contribution < 1.29 is 18.0 Å². The summed E-state index contributed by atoms with van der Waals surface area (Å²) < 4.78 is 23.9. The molecule has 2 aromatic carbocycles. The molecule has 7 heteroatoms. The number of sulfone groups is 1. The standard InChI is InChI=1S/C19H18ClNO4S/c1-13(22)15-3-2-4-17(11-15)21(18-9-10-26(24,25)12-18)19(23)14-5-7-16(20)8-6-14/h2-8,11,18H,9-10,12H2,1H3. The molecule has 0 saturated carbocycles. The Morgan fingerprint density at radius 2 is 1.77 bits per heavy atom. The molecule has 2 aromatic rings. The molecule has 1 aliphatic rings. The van der Waals surface area contributed by atoms with Gasteiger partial charge >= 0.3 is 0 Å². The number of ketones is 1. The van der Waals surface area contributed by atoms with Crippen molar-refractivity contribution in [1.82, 2.24) is 0 Å². The zero-order chi connectivity index (χ0) is 18.9. The molecule has 1 saturated heterocycles. The Morgan fingerprint density at radius 3 is 2.35 bits per heavy atom. The molecule has 3 rings (SSSR count). The van der Waals surface area contributed by atoms with Crippen LogP contribution in [0.4, 0.5) is 5.69 Å². The molecule has 1 atom stereocenters. The summed E-state index contributed by atoms with van der Waals surface area (Å²) in [7, 11) is -3.18. The molecule has 0 bridgehead atoms. The summed E-state index contributed by atoms with van der Waals surface area (Å²) in [5.74, 6) is -0.472. The Hall–Kier alpha value is -2.18. The van der Waals surface area contributed by atoms with E-state index in [1.54, 1.807) is 48.5 Å². The number of Topliss-reactive ketones (excluding diaryl/α,β-unsaturated/α-hetero) is 1. The van der Waals surface area contributed by atoms with Crippen molar-refractivity contribution in [2.24, 2.45) is 0 Å². The summed E-state index contributed by atoms with van der Waals surface area (Å²) in [6.45, 7) is 1.45. The van der Waals surface area contributed by atoms with Crippen molar-refractivity contribution in [3.05, 3.63) is 64.7 Å². The maximum atomic E-state index is 13.1. The first-order chi connectivity index (χ1) is 12.3. The Morgan fingerprint density at radius 1 is 1.08 bits per heavy atom. The maximum absolute atomic E-state index is 13.1. The van der Waals surface area contributed by atoms with Gasteiger partial charge in [0.2, 0.25) is 0 Å². The fourth-order valence-electron chi connectivity index (χ4n) is 3.08. The topological polar surface area (TPSA) is 71.5 Å². The molecular weight excluding hydrogens is 374 g/mol. The lowest BCUT2D eigenvalue weighted by molar-refractivity contribution is 0.0975. The molecule has 1 heterocycles. The first kappa shape index (κ1) is 18.6. The van der Waals surface area contributed by atoms with Crippen LogP contribution in [0.3, 0.4) is 0 Å². The zero-order valence-electron chi connectivity index (χ0n) is 14.2. The van der Waals surface area contributed by atoms with Gasteiger partial charge < -0.3 is 4.90 Å². The average molecular weight is 392 g/mol. The number of benzene rings is 2. The third-order valence-electron chi connectivity index (χ3n) is 4.41. The van der Waals surface area contributed by atoms with Crippen LogP contribution in [-0.2, 0) is 9.84 Å². The predicted octanol–water partition coefficient (Wildman–Crippen LogP) is 3.38. The number of hydrogen-bond donors (Lipinski definition) is 0. The van der Waals surface area contributed by atoms with E-state index in [-0.39, 0.29) is 23.2 Å². The van der Waals surface area contributed by atoms with E-state index in [4.69, 9.17) is 11.6 Å². The molecule has 0 N–H and O–H groups in total. The number of anilines is 1. The third kappa shape index (κ3) is 3.97. The number of nitrogens with zero attached hydrogens (tertiary/aromatic N) is 1. The molecule has 1 amide bonds. The van der Waals surface area contributed by atoms with Gasteiger partial charge in [0, 0.05) is 21.8 Å². The Balaban J connectivity index is 2.04. The van der Waals surface area contributed by atoms with Crippen molar-refractivity contribution in [1.29, 1.82) is 0 Å². The fourth-order valence-corrected chi connectivity index (χ4v) is 4.91. The van der Waals surface area contributed by atoms with Crippen LogP contribution in [0.25, 0.3) is 0 Å². The monoisotopic (exact) mass is 391 g/mol. The van der Waals surface area contributed by atoms with Gasteiger partial charge in [0.15, 0.2) is 15.6 Å². The second kappa shape index (κ2) is 7.21. The van der Waals surface area contributed by atoms with E-state index in [0.29, 0.717) is 28.3 Å². The van der Waals surface area contributed by atoms with Crippen LogP contribution in [0.15, 0.2) is 48.5 Å². The van der Waals surface area contributed by atoms with Crippen LogP contribution in [0.2, 0.25) is 5.02 Å². The number of hydrogen-bond acceptors (Lipinski definition) is 4. The minimum absolute atomic E-state index is 0.0501. The summed E-state index contributed by atoms with van der Waals surface area (Å²) in [6.07, 6.45) is 0.367.